The number of ether oxygens (including phenoxy) is 1. The van der Waals surface area contributed by atoms with Gasteiger partial charge in [-0.3, -0.25) is 14.6 Å². The third-order valence-electron chi connectivity index (χ3n) is 5.64. The fourth-order valence-electron chi connectivity index (χ4n) is 4.29. The first-order chi connectivity index (χ1) is 14.0. The topological polar surface area (TPSA) is 79.7 Å². The second-order valence-corrected chi connectivity index (χ2v) is 7.71. The van der Waals surface area contributed by atoms with Gasteiger partial charge < -0.3 is 14.7 Å². The van der Waals surface area contributed by atoms with Crippen molar-refractivity contribution in [1.29, 1.82) is 0 Å². The molecule has 29 heavy (non-hydrogen) atoms. The van der Waals surface area contributed by atoms with E-state index < -0.39 is 17.7 Å². The average Bonchev–Trinajstić information content (AvgIpc) is 3.35. The molecular formula is C22H21ClN2O4. The molecule has 2 fully saturated rings. The number of Topliss-reactive ketones (excluding diaryl/α,β-unsaturated/α-hetero) is 1. The van der Waals surface area contributed by atoms with Crippen LogP contribution in [0.4, 0.5) is 0 Å². The van der Waals surface area contributed by atoms with E-state index in [4.69, 9.17) is 16.3 Å². The number of hydrogen-bond acceptors (Lipinski definition) is 5. The molecule has 1 atom stereocenters. The van der Waals surface area contributed by atoms with Gasteiger partial charge in [0.05, 0.1) is 24.3 Å². The molecular weight excluding hydrogens is 392 g/mol. The van der Waals surface area contributed by atoms with Crippen LogP contribution in [0.25, 0.3) is 5.76 Å². The number of hydrogen-bond donors (Lipinski definition) is 1. The van der Waals surface area contributed by atoms with E-state index in [0.717, 1.165) is 31.2 Å². The summed E-state index contributed by atoms with van der Waals surface area (Å²) in [6.45, 7) is 0. The van der Waals surface area contributed by atoms with Crippen LogP contribution in [0.2, 0.25) is 5.02 Å². The smallest absolute Gasteiger partial charge is 0.295 e. The van der Waals surface area contributed by atoms with Crippen molar-refractivity contribution in [2.24, 2.45) is 0 Å². The minimum atomic E-state index is -0.696. The van der Waals surface area contributed by atoms with Gasteiger partial charge in [-0.2, -0.15) is 0 Å². The van der Waals surface area contributed by atoms with E-state index in [1.165, 1.54) is 13.2 Å². The van der Waals surface area contributed by atoms with Gasteiger partial charge in [-0.25, -0.2) is 0 Å². The van der Waals surface area contributed by atoms with E-state index in [-0.39, 0.29) is 22.9 Å². The number of rotatable bonds is 4. The second kappa shape index (κ2) is 7.87. The Kier molecular flexibility index (Phi) is 5.28. The predicted octanol–water partition coefficient (Wildman–Crippen LogP) is 4.11. The summed E-state index contributed by atoms with van der Waals surface area (Å²) < 4.78 is 5.34. The highest BCUT2D eigenvalue weighted by Gasteiger charge is 2.49. The molecule has 0 spiro atoms. The summed E-state index contributed by atoms with van der Waals surface area (Å²) in [5.74, 6) is -1.20. The maximum absolute atomic E-state index is 13.1. The van der Waals surface area contributed by atoms with Gasteiger partial charge in [-0.15, -0.1) is 0 Å². The van der Waals surface area contributed by atoms with Crippen molar-refractivity contribution in [3.05, 3.63) is 64.4 Å². The largest absolute Gasteiger partial charge is 0.507 e. The average molecular weight is 413 g/mol. The molecule has 2 aliphatic rings. The molecule has 7 heteroatoms. The summed E-state index contributed by atoms with van der Waals surface area (Å²) >= 11 is 6.12. The van der Waals surface area contributed by atoms with E-state index in [1.807, 2.05) is 0 Å². The Morgan fingerprint density at radius 3 is 2.52 bits per heavy atom. The Hall–Kier alpha value is -2.86. The van der Waals surface area contributed by atoms with Gasteiger partial charge in [0.25, 0.3) is 11.7 Å². The Bertz CT molecular complexity index is 984. The van der Waals surface area contributed by atoms with Crippen LogP contribution in [-0.4, -0.2) is 39.8 Å². The molecule has 1 saturated carbocycles. The van der Waals surface area contributed by atoms with Gasteiger partial charge in [0.1, 0.15) is 11.5 Å². The number of likely N-dealkylation sites (tertiary alicyclic amines) is 1. The lowest BCUT2D eigenvalue weighted by Crippen LogP contribution is -2.37. The Morgan fingerprint density at radius 2 is 1.86 bits per heavy atom. The fourth-order valence-corrected chi connectivity index (χ4v) is 4.46. The summed E-state index contributed by atoms with van der Waals surface area (Å²) in [6.07, 6.45) is 6.94. The number of aliphatic hydroxyl groups is 1. The molecule has 4 rings (SSSR count). The van der Waals surface area contributed by atoms with Gasteiger partial charge >= 0.3 is 0 Å². The lowest BCUT2D eigenvalue weighted by Gasteiger charge is -2.30. The van der Waals surface area contributed by atoms with E-state index in [1.54, 1.807) is 41.6 Å². The summed E-state index contributed by atoms with van der Waals surface area (Å²) in [4.78, 5) is 31.7. The molecule has 2 heterocycles. The number of carbonyl (C=O) groups is 2. The molecule has 1 amide bonds. The van der Waals surface area contributed by atoms with Crippen LogP contribution in [0.15, 0.2) is 48.3 Å². The van der Waals surface area contributed by atoms with Crippen LogP contribution in [0.5, 0.6) is 5.75 Å². The van der Waals surface area contributed by atoms with Crippen LogP contribution >= 0.6 is 11.6 Å². The van der Waals surface area contributed by atoms with Crippen LogP contribution in [0, 0.1) is 0 Å². The van der Waals surface area contributed by atoms with E-state index >= 15 is 0 Å². The number of nitrogens with zero attached hydrogens (tertiary/aromatic N) is 2. The number of amides is 1. The quantitative estimate of drug-likeness (QED) is 0.464. The van der Waals surface area contributed by atoms with Crippen molar-refractivity contribution in [3.8, 4) is 5.75 Å². The van der Waals surface area contributed by atoms with E-state index in [0.29, 0.717) is 10.8 Å². The number of aliphatic hydroxyl groups excluding tert-OH is 1. The Morgan fingerprint density at radius 1 is 1.17 bits per heavy atom. The molecule has 1 aliphatic carbocycles. The molecule has 1 saturated heterocycles. The predicted molar refractivity (Wildman–Crippen MR) is 109 cm³/mol. The van der Waals surface area contributed by atoms with Crippen LogP contribution in [0.3, 0.4) is 0 Å². The third kappa shape index (κ3) is 3.38. The molecule has 0 bridgehead atoms. The summed E-state index contributed by atoms with van der Waals surface area (Å²) in [5.41, 5.74) is 1.06. The summed E-state index contributed by atoms with van der Waals surface area (Å²) in [7, 11) is 1.47. The second-order valence-electron chi connectivity index (χ2n) is 7.27. The van der Waals surface area contributed by atoms with Crippen LogP contribution < -0.4 is 4.74 Å². The summed E-state index contributed by atoms with van der Waals surface area (Å²) in [6, 6.07) is 7.60. The van der Waals surface area contributed by atoms with E-state index in [9.17, 15) is 14.7 Å². The van der Waals surface area contributed by atoms with Crippen LogP contribution in [-0.2, 0) is 9.59 Å². The third-order valence-corrected chi connectivity index (χ3v) is 5.87. The molecule has 1 aromatic carbocycles. The summed E-state index contributed by atoms with van der Waals surface area (Å²) in [5, 5.41) is 11.5. The Labute approximate surface area is 173 Å². The number of methoxy groups -OCH3 is 1. The lowest BCUT2D eigenvalue weighted by atomic mass is 9.95. The van der Waals surface area contributed by atoms with E-state index in [2.05, 4.69) is 4.98 Å². The van der Waals surface area contributed by atoms with Gasteiger partial charge in [0, 0.05) is 23.5 Å². The molecule has 2 aromatic rings. The van der Waals surface area contributed by atoms with Crippen molar-refractivity contribution in [2.75, 3.05) is 7.11 Å². The highest BCUT2D eigenvalue weighted by atomic mass is 35.5. The fraction of sp³-hybridized carbons (Fsp3) is 0.318. The van der Waals surface area contributed by atoms with Crippen molar-refractivity contribution in [2.45, 2.75) is 37.8 Å². The first-order valence-corrected chi connectivity index (χ1v) is 9.94. The first-order valence-electron chi connectivity index (χ1n) is 9.57. The van der Waals surface area contributed by atoms with Gasteiger partial charge in [0.2, 0.25) is 0 Å². The lowest BCUT2D eigenvalue weighted by molar-refractivity contribution is -0.141. The molecule has 1 N–H and O–H groups in total. The minimum Gasteiger partial charge on any atom is -0.507 e. The Balaban J connectivity index is 1.92. The van der Waals surface area contributed by atoms with Crippen molar-refractivity contribution in [1.82, 2.24) is 9.88 Å². The zero-order valence-electron chi connectivity index (χ0n) is 16.0. The van der Waals surface area contributed by atoms with Crippen molar-refractivity contribution in [3.63, 3.8) is 0 Å². The SMILES string of the molecule is COc1ccc(Cl)cc1/C(O)=C1\C(=O)C(=O)N(C2CCCC2)C1c1ccncc1. The van der Waals surface area contributed by atoms with Crippen molar-refractivity contribution < 1.29 is 19.4 Å². The number of aromatic nitrogens is 1. The highest BCUT2D eigenvalue weighted by molar-refractivity contribution is 6.46. The number of halogens is 1. The maximum Gasteiger partial charge on any atom is 0.295 e. The molecule has 0 radical (unpaired) electrons. The number of ketones is 1. The monoisotopic (exact) mass is 412 g/mol. The zero-order valence-corrected chi connectivity index (χ0v) is 16.7. The highest BCUT2D eigenvalue weighted by Crippen LogP contribution is 2.44. The normalized spacial score (nSPS) is 21.7. The van der Waals surface area contributed by atoms with Gasteiger partial charge in [0.15, 0.2) is 0 Å². The van der Waals surface area contributed by atoms with Gasteiger partial charge in [-0.1, -0.05) is 24.4 Å². The zero-order chi connectivity index (χ0) is 20.5. The number of pyridine rings is 1. The molecule has 1 aliphatic heterocycles. The number of benzene rings is 1. The van der Waals surface area contributed by atoms with Crippen LogP contribution in [0.1, 0.15) is 42.9 Å². The standard InChI is InChI=1S/C22H21ClN2O4/c1-29-17-7-6-14(23)12-16(17)20(26)18-19(13-8-10-24-11-9-13)25(22(28)21(18)27)15-4-2-3-5-15/h6-12,15,19,26H,2-5H2,1H3/b20-18+. The first kappa shape index (κ1) is 19.5. The molecule has 6 nitrogen and oxygen atoms in total. The van der Waals surface area contributed by atoms with Crippen molar-refractivity contribution >= 4 is 29.1 Å². The molecule has 1 unspecified atom stereocenters. The molecule has 150 valence electrons. The van der Waals surface area contributed by atoms with Gasteiger partial charge in [-0.05, 0) is 48.7 Å². The maximum atomic E-state index is 13.1. The number of carbonyl (C=O) groups excluding carboxylic acids is 2. The minimum absolute atomic E-state index is 0.0313. The molecule has 1 aromatic heterocycles.